The molecule has 0 fully saturated rings. The highest BCUT2D eigenvalue weighted by Gasteiger charge is 2.06. The Morgan fingerprint density at radius 1 is 0.906 bits per heavy atom. The maximum absolute atomic E-state index is 12.1. The molecule has 0 saturated heterocycles. The number of ether oxygens (including phenoxy) is 1. The minimum atomic E-state index is -0.629. The van der Waals surface area contributed by atoms with Gasteiger partial charge >= 0.3 is 0 Å². The summed E-state index contributed by atoms with van der Waals surface area (Å²) in [4.78, 5) is 12.1. The van der Waals surface area contributed by atoms with Crippen molar-refractivity contribution < 1.29 is 19.7 Å². The number of hydrogen-bond donors (Lipinski definition) is 4. The molecule has 1 amide bonds. The molecule has 0 aromatic heterocycles. The van der Waals surface area contributed by atoms with Crippen molar-refractivity contribution in [1.82, 2.24) is 5.32 Å². The number of halogens is 1. The van der Waals surface area contributed by atoms with Gasteiger partial charge in [0.05, 0.1) is 6.42 Å². The molecule has 0 aliphatic rings. The molecule has 32 heavy (non-hydrogen) atoms. The number of carbonyl (C=O) groups is 1. The van der Waals surface area contributed by atoms with Crippen molar-refractivity contribution in [1.29, 1.82) is 0 Å². The lowest BCUT2D eigenvalue weighted by molar-refractivity contribution is -0.115. The number of amides is 1. The summed E-state index contributed by atoms with van der Waals surface area (Å²) >= 11 is 0. The minimum absolute atomic E-state index is 0. The molecule has 6 nitrogen and oxygen atoms in total. The number of nitrogens with one attached hydrogen (secondary N) is 2. The predicted molar refractivity (Wildman–Crippen MR) is 129 cm³/mol. The van der Waals surface area contributed by atoms with E-state index in [1.165, 1.54) is 0 Å². The van der Waals surface area contributed by atoms with Gasteiger partial charge in [0.25, 0.3) is 0 Å². The Morgan fingerprint density at radius 2 is 1.59 bits per heavy atom. The maximum atomic E-state index is 12.1. The van der Waals surface area contributed by atoms with Gasteiger partial charge in [-0.3, -0.25) is 4.79 Å². The van der Waals surface area contributed by atoms with Crippen LogP contribution in [0.1, 0.15) is 11.1 Å². The van der Waals surface area contributed by atoms with Crippen molar-refractivity contribution in [3.63, 3.8) is 0 Å². The molecule has 7 heteroatoms. The molecular formula is C25H29ClN2O4. The van der Waals surface area contributed by atoms with Crippen LogP contribution in [0.3, 0.4) is 0 Å². The van der Waals surface area contributed by atoms with E-state index >= 15 is 0 Å². The molecule has 0 aliphatic heterocycles. The second-order valence-corrected chi connectivity index (χ2v) is 7.32. The molecule has 170 valence electrons. The van der Waals surface area contributed by atoms with Crippen LogP contribution in [0.25, 0.3) is 0 Å². The summed E-state index contributed by atoms with van der Waals surface area (Å²) in [5, 5.41) is 25.4. The van der Waals surface area contributed by atoms with Crippen LogP contribution in [0, 0.1) is 0 Å². The molecule has 3 aromatic carbocycles. The summed E-state index contributed by atoms with van der Waals surface area (Å²) in [5.74, 6) is 0.745. The van der Waals surface area contributed by atoms with Crippen molar-refractivity contribution in [2.45, 2.75) is 18.9 Å². The normalized spacial score (nSPS) is 11.3. The van der Waals surface area contributed by atoms with Gasteiger partial charge in [0.15, 0.2) is 0 Å². The van der Waals surface area contributed by atoms with E-state index in [0.29, 0.717) is 18.7 Å². The lowest BCUT2D eigenvalue weighted by Crippen LogP contribution is -2.32. The highest BCUT2D eigenvalue weighted by molar-refractivity contribution is 5.92. The molecule has 1 atom stereocenters. The van der Waals surface area contributed by atoms with Gasteiger partial charge in [0.1, 0.15) is 24.2 Å². The Balaban J connectivity index is 0.00000363. The monoisotopic (exact) mass is 456 g/mol. The van der Waals surface area contributed by atoms with Crippen LogP contribution in [0.4, 0.5) is 5.69 Å². The smallest absolute Gasteiger partial charge is 0.228 e. The lowest BCUT2D eigenvalue weighted by atomic mass is 10.1. The summed E-state index contributed by atoms with van der Waals surface area (Å²) in [7, 11) is 0. The van der Waals surface area contributed by atoms with Gasteiger partial charge in [-0.2, -0.15) is 0 Å². The molecule has 0 spiro atoms. The van der Waals surface area contributed by atoms with E-state index in [1.807, 2.05) is 54.6 Å². The average Bonchev–Trinajstić information content (AvgIpc) is 2.78. The minimum Gasteiger partial charge on any atom is -0.508 e. The fourth-order valence-corrected chi connectivity index (χ4v) is 3.04. The van der Waals surface area contributed by atoms with Crippen LogP contribution >= 0.6 is 12.4 Å². The number of aliphatic hydroxyl groups excluding tert-OH is 1. The summed E-state index contributed by atoms with van der Waals surface area (Å²) in [5.41, 5.74) is 2.90. The first-order valence-corrected chi connectivity index (χ1v) is 10.3. The topological polar surface area (TPSA) is 90.8 Å². The van der Waals surface area contributed by atoms with Crippen LogP contribution in [-0.4, -0.2) is 41.9 Å². The van der Waals surface area contributed by atoms with Gasteiger partial charge in [-0.05, 0) is 60.5 Å². The largest absolute Gasteiger partial charge is 0.508 e. The van der Waals surface area contributed by atoms with Crippen molar-refractivity contribution in [3.8, 4) is 11.5 Å². The van der Waals surface area contributed by atoms with Crippen molar-refractivity contribution in [2.75, 3.05) is 25.0 Å². The summed E-state index contributed by atoms with van der Waals surface area (Å²) in [6.45, 7) is 1.32. The van der Waals surface area contributed by atoms with Crippen LogP contribution in [-0.2, 0) is 17.6 Å². The Bertz CT molecular complexity index is 934. The Morgan fingerprint density at radius 3 is 2.28 bits per heavy atom. The standard InChI is InChI=1S/C25H28N2O4.ClH/c28-22-10-12-24(13-11-22)31-18-23(29)17-26-15-14-19-6-8-21(9-7-19)27-25(30)16-20-4-2-1-3-5-20;/h1-13,23,26,28-29H,14-18H2,(H,27,30);1H/t23-;/m0./s1. The van der Waals surface area contributed by atoms with Gasteiger partial charge in [-0.25, -0.2) is 0 Å². The van der Waals surface area contributed by atoms with E-state index < -0.39 is 6.10 Å². The number of benzene rings is 3. The number of rotatable bonds is 11. The molecular weight excluding hydrogens is 428 g/mol. The molecule has 3 aromatic rings. The Hall–Kier alpha value is -3.06. The number of aromatic hydroxyl groups is 1. The number of phenolic OH excluding ortho intramolecular Hbond substituents is 1. The first-order chi connectivity index (χ1) is 15.1. The fourth-order valence-electron chi connectivity index (χ4n) is 3.04. The second kappa shape index (κ2) is 13.4. The number of anilines is 1. The van der Waals surface area contributed by atoms with Gasteiger partial charge in [0.2, 0.25) is 5.91 Å². The number of carbonyl (C=O) groups excluding carboxylic acids is 1. The van der Waals surface area contributed by atoms with E-state index in [-0.39, 0.29) is 30.7 Å². The van der Waals surface area contributed by atoms with Gasteiger partial charge in [-0.1, -0.05) is 42.5 Å². The molecule has 3 rings (SSSR count). The Kier molecular flexibility index (Phi) is 10.5. The van der Waals surface area contributed by atoms with Crippen LogP contribution in [0.5, 0.6) is 11.5 Å². The number of phenols is 1. The third-order valence-corrected chi connectivity index (χ3v) is 4.69. The molecule has 0 aliphatic carbocycles. The molecule has 0 radical (unpaired) electrons. The SMILES string of the molecule is Cl.O=C(Cc1ccccc1)Nc1ccc(CCNC[C@H](O)COc2ccc(O)cc2)cc1. The van der Waals surface area contributed by atoms with Crippen LogP contribution in [0.15, 0.2) is 78.9 Å². The summed E-state index contributed by atoms with van der Waals surface area (Å²) < 4.78 is 5.48. The molecule has 0 heterocycles. The first-order valence-electron chi connectivity index (χ1n) is 10.3. The number of aliphatic hydroxyl groups is 1. The van der Waals surface area contributed by atoms with E-state index in [1.54, 1.807) is 24.3 Å². The van der Waals surface area contributed by atoms with Crippen LogP contribution in [0.2, 0.25) is 0 Å². The van der Waals surface area contributed by atoms with Gasteiger partial charge in [0, 0.05) is 12.2 Å². The highest BCUT2D eigenvalue weighted by atomic mass is 35.5. The highest BCUT2D eigenvalue weighted by Crippen LogP contribution is 2.16. The van der Waals surface area contributed by atoms with Crippen molar-refractivity contribution in [2.24, 2.45) is 0 Å². The van der Waals surface area contributed by atoms with Crippen molar-refractivity contribution in [3.05, 3.63) is 90.0 Å². The molecule has 0 unspecified atom stereocenters. The van der Waals surface area contributed by atoms with E-state index in [4.69, 9.17) is 4.74 Å². The fraction of sp³-hybridized carbons (Fsp3) is 0.240. The predicted octanol–water partition coefficient (Wildman–Crippen LogP) is 3.57. The van der Waals surface area contributed by atoms with Crippen molar-refractivity contribution >= 4 is 24.0 Å². The number of hydrogen-bond acceptors (Lipinski definition) is 5. The van der Waals surface area contributed by atoms with Crippen LogP contribution < -0.4 is 15.4 Å². The zero-order valence-electron chi connectivity index (χ0n) is 17.7. The quantitative estimate of drug-likeness (QED) is 0.331. The maximum Gasteiger partial charge on any atom is 0.228 e. The zero-order chi connectivity index (χ0) is 21.9. The van der Waals surface area contributed by atoms with Gasteiger partial charge < -0.3 is 25.6 Å². The van der Waals surface area contributed by atoms with E-state index in [0.717, 1.165) is 29.8 Å². The first kappa shape index (κ1) is 25.2. The molecule has 0 bridgehead atoms. The summed E-state index contributed by atoms with van der Waals surface area (Å²) in [6, 6.07) is 23.8. The average molecular weight is 457 g/mol. The zero-order valence-corrected chi connectivity index (χ0v) is 18.6. The summed E-state index contributed by atoms with van der Waals surface area (Å²) in [6.07, 6.45) is 0.533. The van der Waals surface area contributed by atoms with E-state index in [9.17, 15) is 15.0 Å². The molecule has 4 N–H and O–H groups in total. The third-order valence-electron chi connectivity index (χ3n) is 4.69. The van der Waals surface area contributed by atoms with Gasteiger partial charge in [-0.15, -0.1) is 12.4 Å². The van der Waals surface area contributed by atoms with E-state index in [2.05, 4.69) is 10.6 Å². The third kappa shape index (κ3) is 8.98. The Labute approximate surface area is 194 Å². The second-order valence-electron chi connectivity index (χ2n) is 7.32. The lowest BCUT2D eigenvalue weighted by Gasteiger charge is -2.13. The molecule has 0 saturated carbocycles.